The molecule has 3 rings (SSSR count). The molecular formula is C14H16N2O4. The maximum absolute atomic E-state index is 9.50. The van der Waals surface area contributed by atoms with Gasteiger partial charge in [0.2, 0.25) is 5.82 Å². The number of aromatic nitrogens is 2. The van der Waals surface area contributed by atoms with Crippen LogP contribution >= 0.6 is 0 Å². The number of benzene rings is 1. The van der Waals surface area contributed by atoms with Gasteiger partial charge in [0.25, 0.3) is 5.89 Å². The average molecular weight is 276 g/mol. The van der Waals surface area contributed by atoms with Gasteiger partial charge in [0.1, 0.15) is 17.1 Å². The summed E-state index contributed by atoms with van der Waals surface area (Å²) in [4.78, 5) is 4.36. The second kappa shape index (κ2) is 4.79. The summed E-state index contributed by atoms with van der Waals surface area (Å²) in [5, 5.41) is 23.0. The van der Waals surface area contributed by atoms with Crippen LogP contribution in [0.1, 0.15) is 31.5 Å². The second-order valence-electron chi connectivity index (χ2n) is 5.07. The molecule has 0 spiro atoms. The molecule has 20 heavy (non-hydrogen) atoms. The summed E-state index contributed by atoms with van der Waals surface area (Å²) in [5.74, 6) is 0.675. The fourth-order valence-electron chi connectivity index (χ4n) is 2.71. The molecule has 1 saturated carbocycles. The van der Waals surface area contributed by atoms with Crippen LogP contribution in [0.4, 0.5) is 0 Å². The Morgan fingerprint density at radius 1 is 1.15 bits per heavy atom. The third-order valence-corrected chi connectivity index (χ3v) is 3.78. The van der Waals surface area contributed by atoms with Gasteiger partial charge in [0.05, 0.1) is 0 Å². The maximum Gasteiger partial charge on any atom is 0.258 e. The lowest BCUT2D eigenvalue weighted by Crippen LogP contribution is -2.25. The van der Waals surface area contributed by atoms with Crippen LogP contribution in [-0.2, 0) is 10.3 Å². The van der Waals surface area contributed by atoms with Gasteiger partial charge in [0.15, 0.2) is 0 Å². The lowest BCUT2D eigenvalue weighted by molar-refractivity contribution is -0.0178. The van der Waals surface area contributed by atoms with Gasteiger partial charge in [-0.2, -0.15) is 4.98 Å². The van der Waals surface area contributed by atoms with E-state index in [9.17, 15) is 10.2 Å². The molecule has 1 aliphatic rings. The van der Waals surface area contributed by atoms with Gasteiger partial charge in [-0.3, -0.25) is 0 Å². The molecule has 1 aromatic carbocycles. The number of methoxy groups -OCH3 is 1. The molecule has 2 N–H and O–H groups in total. The summed E-state index contributed by atoms with van der Waals surface area (Å²) in [5.41, 5.74) is 0.00571. The van der Waals surface area contributed by atoms with Gasteiger partial charge in [-0.1, -0.05) is 5.16 Å². The van der Waals surface area contributed by atoms with Gasteiger partial charge >= 0.3 is 0 Å². The first-order valence-electron chi connectivity index (χ1n) is 6.56. The van der Waals surface area contributed by atoms with Crippen LogP contribution in [0.2, 0.25) is 0 Å². The van der Waals surface area contributed by atoms with Crippen molar-refractivity contribution in [2.75, 3.05) is 7.11 Å². The van der Waals surface area contributed by atoms with Crippen molar-refractivity contribution >= 4 is 0 Å². The van der Waals surface area contributed by atoms with E-state index in [0.717, 1.165) is 25.7 Å². The van der Waals surface area contributed by atoms with E-state index >= 15 is 0 Å². The predicted molar refractivity (Wildman–Crippen MR) is 70.2 cm³/mol. The number of phenolic OH excluding ortho intramolecular Hbond substituents is 2. The molecule has 6 nitrogen and oxygen atoms in total. The number of hydrogen-bond donors (Lipinski definition) is 2. The third-order valence-electron chi connectivity index (χ3n) is 3.78. The van der Waals surface area contributed by atoms with E-state index in [-0.39, 0.29) is 17.4 Å². The Kier molecular flexibility index (Phi) is 3.10. The van der Waals surface area contributed by atoms with Crippen LogP contribution in [0, 0.1) is 0 Å². The highest BCUT2D eigenvalue weighted by molar-refractivity contribution is 5.58. The molecule has 1 fully saturated rings. The molecule has 0 unspecified atom stereocenters. The smallest absolute Gasteiger partial charge is 0.258 e. The lowest BCUT2D eigenvalue weighted by Gasteiger charge is -2.22. The Bertz CT molecular complexity index is 597. The largest absolute Gasteiger partial charge is 0.508 e. The van der Waals surface area contributed by atoms with E-state index in [4.69, 9.17) is 9.26 Å². The third kappa shape index (κ3) is 2.12. The molecule has 0 radical (unpaired) electrons. The van der Waals surface area contributed by atoms with Crippen molar-refractivity contribution in [3.8, 4) is 23.0 Å². The Morgan fingerprint density at radius 3 is 2.40 bits per heavy atom. The van der Waals surface area contributed by atoms with E-state index in [0.29, 0.717) is 11.4 Å². The minimum Gasteiger partial charge on any atom is -0.508 e. The number of ether oxygens (including phenoxy) is 1. The van der Waals surface area contributed by atoms with Gasteiger partial charge < -0.3 is 19.5 Å². The van der Waals surface area contributed by atoms with Gasteiger partial charge in [0, 0.05) is 18.7 Å². The Hall–Kier alpha value is -2.08. The molecule has 0 aliphatic heterocycles. The van der Waals surface area contributed by atoms with Crippen LogP contribution in [0.5, 0.6) is 11.5 Å². The number of phenols is 2. The van der Waals surface area contributed by atoms with Crippen molar-refractivity contribution in [2.45, 2.75) is 31.3 Å². The summed E-state index contributed by atoms with van der Waals surface area (Å²) >= 11 is 0. The molecule has 1 heterocycles. The van der Waals surface area contributed by atoms with Gasteiger partial charge in [-0.25, -0.2) is 0 Å². The van der Waals surface area contributed by atoms with E-state index in [1.807, 2.05) is 0 Å². The Labute approximate surface area is 116 Å². The zero-order valence-corrected chi connectivity index (χ0v) is 11.2. The van der Waals surface area contributed by atoms with Crippen molar-refractivity contribution < 1.29 is 19.5 Å². The number of rotatable bonds is 3. The molecule has 106 valence electrons. The topological polar surface area (TPSA) is 88.6 Å². The summed E-state index contributed by atoms with van der Waals surface area (Å²) in [6.45, 7) is 0. The molecule has 0 saturated heterocycles. The lowest BCUT2D eigenvalue weighted by atomic mass is 10.0. The fraction of sp³-hybridized carbons (Fsp3) is 0.429. The molecule has 1 aliphatic carbocycles. The van der Waals surface area contributed by atoms with Gasteiger partial charge in [-0.15, -0.1) is 0 Å². The zero-order chi connectivity index (χ0) is 14.2. The van der Waals surface area contributed by atoms with E-state index in [1.165, 1.54) is 18.2 Å². The van der Waals surface area contributed by atoms with Crippen molar-refractivity contribution in [3.05, 3.63) is 24.0 Å². The fourth-order valence-corrected chi connectivity index (χ4v) is 2.71. The molecular weight excluding hydrogens is 260 g/mol. The number of aromatic hydroxyl groups is 2. The molecule has 0 bridgehead atoms. The highest BCUT2D eigenvalue weighted by atomic mass is 16.5. The monoisotopic (exact) mass is 276 g/mol. The van der Waals surface area contributed by atoms with Crippen molar-refractivity contribution in [1.29, 1.82) is 0 Å². The molecule has 0 amide bonds. The molecule has 1 aromatic heterocycles. The standard InChI is InChI=1S/C14H16N2O4/c1-19-14(4-2-3-5-14)13-15-12(20-16-13)9-6-10(17)8-11(18)7-9/h6-8,17-18H,2-5H2,1H3. The molecule has 6 heteroatoms. The quantitative estimate of drug-likeness (QED) is 0.895. The first-order valence-corrected chi connectivity index (χ1v) is 6.56. The summed E-state index contributed by atoms with van der Waals surface area (Å²) in [6, 6.07) is 4.17. The van der Waals surface area contributed by atoms with Crippen molar-refractivity contribution in [2.24, 2.45) is 0 Å². The van der Waals surface area contributed by atoms with Crippen LogP contribution in [-0.4, -0.2) is 27.5 Å². The Morgan fingerprint density at radius 2 is 1.80 bits per heavy atom. The highest BCUT2D eigenvalue weighted by Crippen LogP contribution is 2.41. The second-order valence-corrected chi connectivity index (χ2v) is 5.07. The highest BCUT2D eigenvalue weighted by Gasteiger charge is 2.40. The maximum atomic E-state index is 9.50. The molecule has 2 aromatic rings. The minimum atomic E-state index is -0.472. The minimum absolute atomic E-state index is 0.0536. The molecule has 0 atom stereocenters. The van der Waals surface area contributed by atoms with Crippen molar-refractivity contribution in [1.82, 2.24) is 10.1 Å². The zero-order valence-electron chi connectivity index (χ0n) is 11.2. The summed E-state index contributed by atoms with van der Waals surface area (Å²) in [6.07, 6.45) is 3.89. The SMILES string of the molecule is COC1(c2noc(-c3cc(O)cc(O)c3)n2)CCCC1. The normalized spacial score (nSPS) is 17.4. The average Bonchev–Trinajstić information content (AvgIpc) is 3.07. The van der Waals surface area contributed by atoms with E-state index in [1.54, 1.807) is 7.11 Å². The van der Waals surface area contributed by atoms with E-state index < -0.39 is 5.60 Å². The summed E-state index contributed by atoms with van der Waals surface area (Å²) < 4.78 is 10.8. The van der Waals surface area contributed by atoms with Crippen LogP contribution < -0.4 is 0 Å². The van der Waals surface area contributed by atoms with Crippen LogP contribution in [0.3, 0.4) is 0 Å². The number of hydrogen-bond acceptors (Lipinski definition) is 6. The van der Waals surface area contributed by atoms with Crippen molar-refractivity contribution in [3.63, 3.8) is 0 Å². The first kappa shape index (κ1) is 12.9. The number of nitrogens with zero attached hydrogens (tertiary/aromatic N) is 2. The van der Waals surface area contributed by atoms with Gasteiger partial charge in [-0.05, 0) is 37.8 Å². The Balaban J connectivity index is 1.97. The summed E-state index contributed by atoms with van der Waals surface area (Å²) in [7, 11) is 1.65. The van der Waals surface area contributed by atoms with Crippen LogP contribution in [0.15, 0.2) is 22.7 Å². The van der Waals surface area contributed by atoms with E-state index in [2.05, 4.69) is 10.1 Å². The van der Waals surface area contributed by atoms with Crippen LogP contribution in [0.25, 0.3) is 11.5 Å². The predicted octanol–water partition coefficient (Wildman–Crippen LogP) is 2.56. The first-order chi connectivity index (χ1) is 9.63.